The molecule has 3 aromatic rings. The lowest BCUT2D eigenvalue weighted by molar-refractivity contribution is -0.120. The first-order valence-electron chi connectivity index (χ1n) is 8.18. The molecule has 114 valence electrons. The zero-order valence-electron chi connectivity index (χ0n) is 13.0. The normalized spacial score (nSPS) is 17.6. The Hall–Kier alpha value is -2.61. The average molecular weight is 301 g/mol. The third-order valence-corrected chi connectivity index (χ3v) is 4.65. The highest BCUT2D eigenvalue weighted by molar-refractivity contribution is 5.87. The molecule has 0 aliphatic heterocycles. The molecule has 1 aliphatic rings. The molecule has 0 N–H and O–H groups in total. The number of aromatic nitrogens is 1. The molecule has 0 amide bonds. The number of hydrogen-bond acceptors (Lipinski definition) is 1. The van der Waals surface area contributed by atoms with E-state index in [1.807, 2.05) is 12.1 Å². The van der Waals surface area contributed by atoms with Gasteiger partial charge in [0.15, 0.2) is 5.78 Å². The van der Waals surface area contributed by atoms with Crippen LogP contribution in [0, 0.1) is 0 Å². The van der Waals surface area contributed by atoms with E-state index in [-0.39, 0.29) is 6.04 Å². The van der Waals surface area contributed by atoms with Gasteiger partial charge in [-0.3, -0.25) is 4.79 Å². The van der Waals surface area contributed by atoms with Gasteiger partial charge in [-0.25, -0.2) is 0 Å². The van der Waals surface area contributed by atoms with Crippen molar-refractivity contribution in [3.63, 3.8) is 0 Å². The van der Waals surface area contributed by atoms with Gasteiger partial charge in [0.25, 0.3) is 0 Å². The van der Waals surface area contributed by atoms with Crippen LogP contribution in [-0.2, 0) is 4.79 Å². The maximum absolute atomic E-state index is 12.1. The molecular formula is C21H19NO. The van der Waals surface area contributed by atoms with Gasteiger partial charge in [0.1, 0.15) is 0 Å². The molecule has 1 heterocycles. The van der Waals surface area contributed by atoms with Crippen molar-refractivity contribution in [3.8, 4) is 22.3 Å². The Labute approximate surface area is 136 Å². The van der Waals surface area contributed by atoms with Crippen LogP contribution in [0.3, 0.4) is 0 Å². The van der Waals surface area contributed by atoms with Crippen LogP contribution in [-0.4, -0.2) is 10.4 Å². The number of Topliss-reactive ketones (excluding diaryl/α,β-unsaturated/α-hetero) is 1. The molecule has 4 rings (SSSR count). The number of carbonyl (C=O) groups excluding carboxylic acids is 1. The van der Waals surface area contributed by atoms with Crippen LogP contribution in [0.5, 0.6) is 0 Å². The van der Waals surface area contributed by atoms with E-state index in [4.69, 9.17) is 0 Å². The lowest BCUT2D eigenvalue weighted by Gasteiger charge is -2.09. The van der Waals surface area contributed by atoms with E-state index >= 15 is 0 Å². The lowest BCUT2D eigenvalue weighted by atomic mass is 9.99. The van der Waals surface area contributed by atoms with Crippen LogP contribution >= 0.6 is 0 Å². The Kier molecular flexibility index (Phi) is 3.58. The van der Waals surface area contributed by atoms with Crippen LogP contribution in [0.2, 0.25) is 0 Å². The van der Waals surface area contributed by atoms with Crippen molar-refractivity contribution in [2.45, 2.75) is 25.3 Å². The highest BCUT2D eigenvalue weighted by Crippen LogP contribution is 2.36. The minimum atomic E-state index is 0.00919. The summed E-state index contributed by atoms with van der Waals surface area (Å²) in [5, 5.41) is 0. The van der Waals surface area contributed by atoms with Crippen molar-refractivity contribution < 1.29 is 4.79 Å². The SMILES string of the molecule is O=C1CCCC1n1cc(-c2ccccc2)c(-c2ccccc2)c1. The molecule has 0 spiro atoms. The van der Waals surface area contributed by atoms with Gasteiger partial charge in [-0.15, -0.1) is 0 Å². The summed E-state index contributed by atoms with van der Waals surface area (Å²) in [6.45, 7) is 0. The van der Waals surface area contributed by atoms with E-state index in [0.29, 0.717) is 12.2 Å². The van der Waals surface area contributed by atoms with Gasteiger partial charge in [0, 0.05) is 29.9 Å². The Bertz CT molecular complexity index is 761. The molecule has 0 radical (unpaired) electrons. The predicted molar refractivity (Wildman–Crippen MR) is 93.2 cm³/mol. The van der Waals surface area contributed by atoms with Crippen LogP contribution in [0.1, 0.15) is 25.3 Å². The molecule has 23 heavy (non-hydrogen) atoms. The molecule has 0 bridgehead atoms. The fourth-order valence-electron chi connectivity index (χ4n) is 3.46. The van der Waals surface area contributed by atoms with Crippen molar-refractivity contribution in [2.75, 3.05) is 0 Å². The largest absolute Gasteiger partial charge is 0.343 e. The first-order chi connectivity index (χ1) is 11.3. The summed E-state index contributed by atoms with van der Waals surface area (Å²) in [7, 11) is 0. The molecule has 1 aliphatic carbocycles. The minimum Gasteiger partial charge on any atom is -0.343 e. The third-order valence-electron chi connectivity index (χ3n) is 4.65. The van der Waals surface area contributed by atoms with E-state index in [0.717, 1.165) is 12.8 Å². The number of carbonyl (C=O) groups is 1. The highest BCUT2D eigenvalue weighted by Gasteiger charge is 2.26. The smallest absolute Gasteiger partial charge is 0.155 e. The predicted octanol–water partition coefficient (Wildman–Crippen LogP) is 5.12. The molecule has 2 heteroatoms. The molecule has 1 fully saturated rings. The number of hydrogen-bond donors (Lipinski definition) is 0. The summed E-state index contributed by atoms with van der Waals surface area (Å²) in [5.74, 6) is 0.360. The Morgan fingerprint density at radius 3 is 1.74 bits per heavy atom. The van der Waals surface area contributed by atoms with E-state index in [1.54, 1.807) is 0 Å². The van der Waals surface area contributed by atoms with Crippen LogP contribution < -0.4 is 0 Å². The number of benzene rings is 2. The van der Waals surface area contributed by atoms with E-state index in [9.17, 15) is 4.79 Å². The second-order valence-corrected chi connectivity index (χ2v) is 6.14. The van der Waals surface area contributed by atoms with E-state index in [2.05, 4.69) is 65.5 Å². The lowest BCUT2D eigenvalue weighted by Crippen LogP contribution is -2.11. The second kappa shape index (κ2) is 5.88. The number of nitrogens with zero attached hydrogens (tertiary/aromatic N) is 1. The first-order valence-corrected chi connectivity index (χ1v) is 8.18. The molecule has 1 atom stereocenters. The number of ketones is 1. The Morgan fingerprint density at radius 2 is 1.30 bits per heavy atom. The van der Waals surface area contributed by atoms with Gasteiger partial charge < -0.3 is 4.57 Å². The zero-order chi connectivity index (χ0) is 15.6. The molecular weight excluding hydrogens is 282 g/mol. The molecule has 2 nitrogen and oxygen atoms in total. The molecule has 2 aromatic carbocycles. The van der Waals surface area contributed by atoms with Gasteiger partial charge in [-0.2, -0.15) is 0 Å². The average Bonchev–Trinajstić information content (AvgIpc) is 3.22. The Morgan fingerprint density at radius 1 is 0.783 bits per heavy atom. The summed E-state index contributed by atoms with van der Waals surface area (Å²) in [6, 6.07) is 20.8. The molecule has 1 saturated carbocycles. The van der Waals surface area contributed by atoms with Gasteiger partial charge in [0.2, 0.25) is 0 Å². The molecule has 1 aromatic heterocycles. The van der Waals surface area contributed by atoms with Crippen molar-refractivity contribution in [3.05, 3.63) is 73.1 Å². The summed E-state index contributed by atoms with van der Waals surface area (Å²) in [5.41, 5.74) is 4.76. The standard InChI is InChI=1S/C21H19NO/c23-21-13-7-12-20(21)22-14-18(16-8-3-1-4-9-16)19(15-22)17-10-5-2-6-11-17/h1-6,8-11,14-15,20H,7,12-13H2. The van der Waals surface area contributed by atoms with E-state index < -0.39 is 0 Å². The molecule has 0 saturated heterocycles. The summed E-state index contributed by atoms with van der Waals surface area (Å²) < 4.78 is 2.12. The van der Waals surface area contributed by atoms with Crippen LogP contribution in [0.4, 0.5) is 0 Å². The van der Waals surface area contributed by atoms with Gasteiger partial charge in [-0.05, 0) is 24.0 Å². The quantitative estimate of drug-likeness (QED) is 0.658. The van der Waals surface area contributed by atoms with Crippen molar-refractivity contribution >= 4 is 5.78 Å². The van der Waals surface area contributed by atoms with E-state index in [1.165, 1.54) is 22.3 Å². The maximum atomic E-state index is 12.1. The zero-order valence-corrected chi connectivity index (χ0v) is 13.0. The van der Waals surface area contributed by atoms with Crippen molar-refractivity contribution in [1.29, 1.82) is 0 Å². The fourth-order valence-corrected chi connectivity index (χ4v) is 3.46. The van der Waals surface area contributed by atoms with Crippen LogP contribution in [0.15, 0.2) is 73.1 Å². The van der Waals surface area contributed by atoms with Crippen molar-refractivity contribution in [2.24, 2.45) is 0 Å². The summed E-state index contributed by atoms with van der Waals surface area (Å²) >= 11 is 0. The first kappa shape index (κ1) is 14.0. The van der Waals surface area contributed by atoms with Gasteiger partial charge in [-0.1, -0.05) is 60.7 Å². The third kappa shape index (κ3) is 2.61. The monoisotopic (exact) mass is 301 g/mol. The maximum Gasteiger partial charge on any atom is 0.155 e. The van der Waals surface area contributed by atoms with Crippen molar-refractivity contribution in [1.82, 2.24) is 4.57 Å². The second-order valence-electron chi connectivity index (χ2n) is 6.14. The van der Waals surface area contributed by atoms with Crippen LogP contribution in [0.25, 0.3) is 22.3 Å². The van der Waals surface area contributed by atoms with Gasteiger partial charge in [0.05, 0.1) is 6.04 Å². The number of rotatable bonds is 3. The summed E-state index contributed by atoms with van der Waals surface area (Å²) in [6.07, 6.45) is 6.96. The highest BCUT2D eigenvalue weighted by atomic mass is 16.1. The fraction of sp³-hybridized carbons (Fsp3) is 0.190. The van der Waals surface area contributed by atoms with Gasteiger partial charge >= 0.3 is 0 Å². The topological polar surface area (TPSA) is 22.0 Å². The summed E-state index contributed by atoms with van der Waals surface area (Å²) in [4.78, 5) is 12.1. The molecule has 1 unspecified atom stereocenters. The Balaban J connectivity index is 1.86. The minimum absolute atomic E-state index is 0.00919.